The van der Waals surface area contributed by atoms with Gasteiger partial charge in [0.2, 0.25) is 0 Å². The second-order valence-electron chi connectivity index (χ2n) is 7.62. The molecule has 0 saturated heterocycles. The highest BCUT2D eigenvalue weighted by Gasteiger charge is 2.17. The Bertz CT molecular complexity index is 1120. The van der Waals surface area contributed by atoms with Crippen molar-refractivity contribution in [2.75, 3.05) is 0 Å². The minimum atomic E-state index is -0.0296. The summed E-state index contributed by atoms with van der Waals surface area (Å²) in [4.78, 5) is 0. The van der Waals surface area contributed by atoms with Crippen molar-refractivity contribution in [3.8, 4) is 22.5 Å². The molecule has 0 radical (unpaired) electrons. The molecule has 0 aliphatic rings. The fourth-order valence-corrected chi connectivity index (χ4v) is 4.03. The maximum Gasteiger partial charge on any atom is 0.180 e. The Labute approximate surface area is 182 Å². The predicted molar refractivity (Wildman–Crippen MR) is 120 cm³/mol. The van der Waals surface area contributed by atoms with E-state index in [1.807, 2.05) is 22.9 Å². The van der Waals surface area contributed by atoms with E-state index in [1.54, 1.807) is 0 Å². The van der Waals surface area contributed by atoms with Crippen LogP contribution < -0.4 is 0 Å². The maximum absolute atomic E-state index is 9.87. The number of aromatic amines is 1. The maximum atomic E-state index is 9.87. The number of aliphatic hydroxyl groups is 1. The van der Waals surface area contributed by atoms with Crippen molar-refractivity contribution in [3.63, 3.8) is 0 Å². The van der Waals surface area contributed by atoms with Crippen molar-refractivity contribution in [2.24, 2.45) is 0 Å². The average Bonchev–Trinajstić information content (AvgIpc) is 3.46. The minimum absolute atomic E-state index is 0.0296. The van der Waals surface area contributed by atoms with Crippen LogP contribution in [0.25, 0.3) is 22.5 Å². The molecule has 0 atom stereocenters. The highest BCUT2D eigenvalue weighted by atomic mass is 16.3. The molecule has 2 aromatic heterocycles. The lowest BCUT2D eigenvalue weighted by Crippen LogP contribution is -2.04. The lowest BCUT2D eigenvalue weighted by molar-refractivity contribution is 0.274. The summed E-state index contributed by atoms with van der Waals surface area (Å²) >= 11 is 0. The molecule has 2 N–H and O–H groups in total. The molecule has 0 unspecified atom stereocenters. The molecule has 7 nitrogen and oxygen atoms in total. The molecule has 0 amide bonds. The van der Waals surface area contributed by atoms with Crippen LogP contribution in [0.15, 0.2) is 48.5 Å². The third kappa shape index (κ3) is 4.41. The first-order valence-corrected chi connectivity index (χ1v) is 10.9. The normalized spacial score (nSPS) is 11.2. The van der Waals surface area contributed by atoms with Crippen LogP contribution in [0.4, 0.5) is 0 Å². The van der Waals surface area contributed by atoms with Gasteiger partial charge in [0.05, 0.1) is 12.3 Å². The lowest BCUT2D eigenvalue weighted by atomic mass is 9.95. The van der Waals surface area contributed by atoms with E-state index in [4.69, 9.17) is 0 Å². The molecule has 0 spiro atoms. The first-order chi connectivity index (χ1) is 15.2. The monoisotopic (exact) mass is 416 g/mol. The molecule has 0 aliphatic carbocycles. The Morgan fingerprint density at radius 1 is 1.00 bits per heavy atom. The van der Waals surface area contributed by atoms with E-state index in [0.29, 0.717) is 5.82 Å². The van der Waals surface area contributed by atoms with E-state index in [0.717, 1.165) is 54.6 Å². The van der Waals surface area contributed by atoms with E-state index in [-0.39, 0.29) is 6.61 Å². The molecule has 0 aliphatic heterocycles. The number of unbranched alkanes of at least 4 members (excludes halogenated alkanes) is 1. The number of hydrogen-bond acceptors (Lipinski definition) is 5. The third-order valence-corrected chi connectivity index (χ3v) is 5.64. The van der Waals surface area contributed by atoms with Gasteiger partial charge in [-0.05, 0) is 46.9 Å². The topological polar surface area (TPSA) is 92.5 Å². The number of aliphatic hydroxyl groups excluding tert-OH is 1. The van der Waals surface area contributed by atoms with E-state index >= 15 is 0 Å². The third-order valence-electron chi connectivity index (χ3n) is 5.64. The van der Waals surface area contributed by atoms with Crippen LogP contribution in [-0.2, 0) is 26.0 Å². The van der Waals surface area contributed by atoms with Gasteiger partial charge in [-0.2, -0.15) is 5.10 Å². The van der Waals surface area contributed by atoms with E-state index in [1.165, 1.54) is 16.8 Å². The SMILES string of the molecule is CCCCc1c(Cc2ccc(-c3ccccc3-c3nnn[nH]3)cc2)c(CO)nn1CC. The molecule has 31 heavy (non-hydrogen) atoms. The zero-order chi connectivity index (χ0) is 21.6. The Morgan fingerprint density at radius 2 is 1.77 bits per heavy atom. The summed E-state index contributed by atoms with van der Waals surface area (Å²) in [5.41, 5.74) is 7.55. The molecule has 0 bridgehead atoms. The summed E-state index contributed by atoms with van der Waals surface area (Å²) in [7, 11) is 0. The molecule has 4 aromatic rings. The minimum Gasteiger partial charge on any atom is -0.390 e. The Balaban J connectivity index is 1.63. The van der Waals surface area contributed by atoms with E-state index < -0.39 is 0 Å². The smallest absolute Gasteiger partial charge is 0.180 e. The van der Waals surface area contributed by atoms with Crippen molar-refractivity contribution < 1.29 is 5.11 Å². The first kappa shape index (κ1) is 20.9. The number of benzene rings is 2. The van der Waals surface area contributed by atoms with Crippen LogP contribution in [0.1, 0.15) is 49.2 Å². The first-order valence-electron chi connectivity index (χ1n) is 10.9. The van der Waals surface area contributed by atoms with Crippen LogP contribution in [0, 0.1) is 0 Å². The van der Waals surface area contributed by atoms with Gasteiger partial charge in [0.15, 0.2) is 5.82 Å². The summed E-state index contributed by atoms with van der Waals surface area (Å²) in [5, 5.41) is 28.8. The molecule has 7 heteroatoms. The number of H-pyrrole nitrogens is 1. The summed E-state index contributed by atoms with van der Waals surface area (Å²) in [6.07, 6.45) is 4.01. The summed E-state index contributed by atoms with van der Waals surface area (Å²) in [6, 6.07) is 16.7. The van der Waals surface area contributed by atoms with Crippen molar-refractivity contribution in [1.82, 2.24) is 30.4 Å². The fraction of sp³-hybridized carbons (Fsp3) is 0.333. The van der Waals surface area contributed by atoms with Gasteiger partial charge in [-0.15, -0.1) is 5.10 Å². The predicted octanol–water partition coefficient (Wildman–Crippen LogP) is 4.18. The van der Waals surface area contributed by atoms with Gasteiger partial charge in [-0.1, -0.05) is 61.9 Å². The number of aromatic nitrogens is 6. The van der Waals surface area contributed by atoms with Gasteiger partial charge < -0.3 is 5.11 Å². The summed E-state index contributed by atoms with van der Waals surface area (Å²) < 4.78 is 2.05. The van der Waals surface area contributed by atoms with Crippen molar-refractivity contribution >= 4 is 0 Å². The zero-order valence-corrected chi connectivity index (χ0v) is 18.0. The summed E-state index contributed by atoms with van der Waals surface area (Å²) in [6.45, 7) is 5.09. The molecule has 2 heterocycles. The molecular formula is C24H28N6O. The van der Waals surface area contributed by atoms with Crippen LogP contribution in [0.2, 0.25) is 0 Å². The van der Waals surface area contributed by atoms with Gasteiger partial charge in [0, 0.05) is 29.8 Å². The van der Waals surface area contributed by atoms with Crippen molar-refractivity contribution in [3.05, 3.63) is 71.0 Å². The van der Waals surface area contributed by atoms with Crippen LogP contribution in [-0.4, -0.2) is 35.5 Å². The second-order valence-corrected chi connectivity index (χ2v) is 7.62. The standard InChI is InChI=1S/C24H28N6O/c1-3-5-10-23-21(22(16-31)27-30(23)4-2)15-17-11-13-18(14-12-17)19-8-6-7-9-20(19)24-25-28-29-26-24/h6-9,11-14,31H,3-5,10,15-16H2,1-2H3,(H,25,26,28,29). The highest BCUT2D eigenvalue weighted by molar-refractivity contribution is 5.80. The Morgan fingerprint density at radius 3 is 2.42 bits per heavy atom. The molecular weight excluding hydrogens is 388 g/mol. The van der Waals surface area contributed by atoms with Gasteiger partial charge in [-0.3, -0.25) is 4.68 Å². The van der Waals surface area contributed by atoms with Gasteiger partial charge in [0.25, 0.3) is 0 Å². The van der Waals surface area contributed by atoms with Crippen LogP contribution in [0.3, 0.4) is 0 Å². The average molecular weight is 417 g/mol. The van der Waals surface area contributed by atoms with E-state index in [2.05, 4.69) is 69.9 Å². The van der Waals surface area contributed by atoms with Crippen molar-refractivity contribution in [2.45, 2.75) is 52.7 Å². The second kappa shape index (κ2) is 9.66. The summed E-state index contributed by atoms with van der Waals surface area (Å²) in [5.74, 6) is 0.653. The van der Waals surface area contributed by atoms with Gasteiger partial charge in [0.1, 0.15) is 0 Å². The molecule has 0 saturated carbocycles. The number of tetrazole rings is 1. The molecule has 160 valence electrons. The van der Waals surface area contributed by atoms with Crippen molar-refractivity contribution in [1.29, 1.82) is 0 Å². The number of rotatable bonds is 9. The lowest BCUT2D eigenvalue weighted by Gasteiger charge is -2.10. The Hall–Kier alpha value is -3.32. The number of hydrogen-bond donors (Lipinski definition) is 2. The molecule has 0 fully saturated rings. The largest absolute Gasteiger partial charge is 0.390 e. The van der Waals surface area contributed by atoms with Gasteiger partial charge >= 0.3 is 0 Å². The molecule has 2 aromatic carbocycles. The number of nitrogens with zero attached hydrogens (tertiary/aromatic N) is 5. The Kier molecular flexibility index (Phi) is 6.52. The quantitative estimate of drug-likeness (QED) is 0.427. The fourth-order valence-electron chi connectivity index (χ4n) is 4.03. The van der Waals surface area contributed by atoms with E-state index in [9.17, 15) is 5.11 Å². The number of nitrogens with one attached hydrogen (secondary N) is 1. The van der Waals surface area contributed by atoms with Gasteiger partial charge in [-0.25, -0.2) is 5.10 Å². The number of aryl methyl sites for hydroxylation is 1. The van der Waals surface area contributed by atoms with Crippen LogP contribution in [0.5, 0.6) is 0 Å². The van der Waals surface area contributed by atoms with Crippen LogP contribution >= 0.6 is 0 Å². The highest BCUT2D eigenvalue weighted by Crippen LogP contribution is 2.30. The zero-order valence-electron chi connectivity index (χ0n) is 18.0. The molecule has 4 rings (SSSR count).